The van der Waals surface area contributed by atoms with Gasteiger partial charge in [-0.1, -0.05) is 71.7 Å². The number of hydrogen-bond donors (Lipinski definition) is 0. The quantitative estimate of drug-likeness (QED) is 0.496. The number of Topliss-reactive ketones (excluding diaryl/α,β-unsaturated/α-hetero) is 1. The van der Waals surface area contributed by atoms with Crippen LogP contribution in [0.25, 0.3) is 0 Å². The van der Waals surface area contributed by atoms with Crippen molar-refractivity contribution in [1.29, 1.82) is 0 Å². The Bertz CT molecular complexity index is 1320. The summed E-state index contributed by atoms with van der Waals surface area (Å²) in [6, 6.07) is 20.1. The highest BCUT2D eigenvalue weighted by Crippen LogP contribution is 2.64. The summed E-state index contributed by atoms with van der Waals surface area (Å²) in [5.41, 5.74) is 2.60. The number of anilines is 1. The molecule has 2 amide bonds. The van der Waals surface area contributed by atoms with Crippen LogP contribution in [0.5, 0.6) is 0 Å². The highest BCUT2D eigenvalue weighted by atomic mass is 35.5. The first-order valence-electron chi connectivity index (χ1n) is 10.4. The molecule has 158 valence electrons. The molecule has 1 saturated heterocycles. The van der Waals surface area contributed by atoms with Crippen molar-refractivity contribution in [2.45, 2.75) is 18.3 Å². The van der Waals surface area contributed by atoms with Gasteiger partial charge in [0.25, 0.3) is 0 Å². The van der Waals surface area contributed by atoms with Gasteiger partial charge in [0.15, 0.2) is 0 Å². The summed E-state index contributed by atoms with van der Waals surface area (Å²) in [6.07, 6.45) is 0. The van der Waals surface area contributed by atoms with Crippen LogP contribution in [-0.2, 0) is 19.8 Å². The number of rotatable bonds is 2. The topological polar surface area (TPSA) is 54.5 Å². The van der Waals surface area contributed by atoms with E-state index in [-0.39, 0.29) is 22.6 Å². The van der Waals surface area contributed by atoms with Crippen molar-refractivity contribution in [2.75, 3.05) is 4.90 Å². The van der Waals surface area contributed by atoms with E-state index in [0.717, 1.165) is 27.2 Å². The molecule has 3 aromatic carbocycles. The molecule has 0 saturated carbocycles. The highest BCUT2D eigenvalue weighted by molar-refractivity contribution is 6.38. The molecule has 0 aromatic heterocycles. The lowest BCUT2D eigenvalue weighted by molar-refractivity contribution is -0.132. The lowest BCUT2D eigenvalue weighted by atomic mass is 9.46. The van der Waals surface area contributed by atoms with Gasteiger partial charge in [-0.05, 0) is 47.4 Å². The van der Waals surface area contributed by atoms with Crippen molar-refractivity contribution in [2.24, 2.45) is 11.8 Å². The van der Waals surface area contributed by atoms with E-state index in [1.165, 1.54) is 13.0 Å². The molecule has 3 aliphatic carbocycles. The summed E-state index contributed by atoms with van der Waals surface area (Å²) in [6.45, 7) is 1.52. The van der Waals surface area contributed by atoms with Gasteiger partial charge >= 0.3 is 0 Å². The first kappa shape index (κ1) is 19.7. The van der Waals surface area contributed by atoms with Gasteiger partial charge < -0.3 is 0 Å². The predicted molar refractivity (Wildman–Crippen MR) is 122 cm³/mol. The maximum atomic E-state index is 14.0. The van der Waals surface area contributed by atoms with Crippen molar-refractivity contribution >= 4 is 46.5 Å². The Labute approximate surface area is 194 Å². The first-order valence-corrected chi connectivity index (χ1v) is 11.2. The zero-order valence-electron chi connectivity index (χ0n) is 17.0. The molecule has 1 fully saturated rings. The molecule has 6 heteroatoms. The van der Waals surface area contributed by atoms with Crippen molar-refractivity contribution in [3.63, 3.8) is 0 Å². The van der Waals surface area contributed by atoms with Crippen LogP contribution in [0.2, 0.25) is 10.0 Å². The van der Waals surface area contributed by atoms with Gasteiger partial charge in [-0.2, -0.15) is 0 Å². The van der Waals surface area contributed by atoms with Crippen LogP contribution in [-0.4, -0.2) is 17.6 Å². The minimum absolute atomic E-state index is 0.143. The monoisotopic (exact) mass is 461 g/mol. The third-order valence-corrected chi connectivity index (χ3v) is 7.86. The second-order valence-corrected chi connectivity index (χ2v) is 9.47. The van der Waals surface area contributed by atoms with Gasteiger partial charge in [0.1, 0.15) is 5.78 Å². The molecular formula is C26H17Cl2NO3. The SMILES string of the molecule is CC(=O)C12c3ccccc3C(c3ccccc31)[C@H]1C(=O)N(c3ccc(Cl)cc3Cl)C(=O)[C@H]12. The van der Waals surface area contributed by atoms with Crippen LogP contribution in [0.15, 0.2) is 66.7 Å². The number of imide groups is 1. The van der Waals surface area contributed by atoms with Gasteiger partial charge in [-0.15, -0.1) is 0 Å². The number of hydrogen-bond acceptors (Lipinski definition) is 3. The Kier molecular flexibility index (Phi) is 4.02. The predicted octanol–water partition coefficient (Wildman–Crippen LogP) is 5.13. The van der Waals surface area contributed by atoms with E-state index < -0.39 is 23.2 Å². The van der Waals surface area contributed by atoms with Crippen molar-refractivity contribution in [3.8, 4) is 0 Å². The zero-order chi connectivity index (χ0) is 22.4. The maximum Gasteiger partial charge on any atom is 0.239 e. The Morgan fingerprint density at radius 1 is 0.875 bits per heavy atom. The van der Waals surface area contributed by atoms with Crippen LogP contribution >= 0.6 is 23.2 Å². The number of carbonyl (C=O) groups excluding carboxylic acids is 3. The highest BCUT2D eigenvalue weighted by Gasteiger charge is 2.70. The molecule has 7 rings (SSSR count). The molecule has 32 heavy (non-hydrogen) atoms. The van der Waals surface area contributed by atoms with Crippen LogP contribution in [0.4, 0.5) is 5.69 Å². The molecule has 0 radical (unpaired) electrons. The average molecular weight is 462 g/mol. The van der Waals surface area contributed by atoms with Crippen LogP contribution in [0.1, 0.15) is 35.1 Å². The Hall–Kier alpha value is -2.95. The number of ketones is 1. The summed E-state index contributed by atoms with van der Waals surface area (Å²) in [5, 5.41) is 0.632. The third kappa shape index (κ3) is 2.17. The largest absolute Gasteiger partial charge is 0.299 e. The van der Waals surface area contributed by atoms with Gasteiger partial charge in [0.2, 0.25) is 11.8 Å². The van der Waals surface area contributed by atoms with Crippen molar-refractivity contribution in [3.05, 3.63) is 99.0 Å². The second-order valence-electron chi connectivity index (χ2n) is 8.63. The first-order chi connectivity index (χ1) is 15.4. The van der Waals surface area contributed by atoms with E-state index >= 15 is 0 Å². The van der Waals surface area contributed by atoms with Gasteiger partial charge in [-0.25, -0.2) is 4.90 Å². The van der Waals surface area contributed by atoms with E-state index in [1.54, 1.807) is 12.1 Å². The number of benzene rings is 3. The molecular weight excluding hydrogens is 445 g/mol. The smallest absolute Gasteiger partial charge is 0.239 e. The molecule has 2 atom stereocenters. The minimum Gasteiger partial charge on any atom is -0.299 e. The molecule has 0 unspecified atom stereocenters. The van der Waals surface area contributed by atoms with Gasteiger partial charge in [0, 0.05) is 10.9 Å². The molecule has 1 aliphatic heterocycles. The fourth-order valence-electron chi connectivity index (χ4n) is 6.27. The number of nitrogens with zero attached hydrogens (tertiary/aromatic N) is 1. The Morgan fingerprint density at radius 2 is 1.47 bits per heavy atom. The average Bonchev–Trinajstić information content (AvgIpc) is 3.05. The Morgan fingerprint density at radius 3 is 2.03 bits per heavy atom. The second kappa shape index (κ2) is 6.53. The molecule has 4 nitrogen and oxygen atoms in total. The summed E-state index contributed by atoms with van der Waals surface area (Å²) < 4.78 is 0. The van der Waals surface area contributed by atoms with Gasteiger partial charge in [-0.3, -0.25) is 14.4 Å². The van der Waals surface area contributed by atoms with E-state index in [9.17, 15) is 14.4 Å². The summed E-state index contributed by atoms with van der Waals surface area (Å²) >= 11 is 12.4. The molecule has 3 aromatic rings. The molecule has 2 bridgehead atoms. The van der Waals surface area contributed by atoms with E-state index in [2.05, 4.69) is 0 Å². The van der Waals surface area contributed by atoms with E-state index in [0.29, 0.717) is 10.7 Å². The van der Waals surface area contributed by atoms with E-state index in [1.807, 2.05) is 48.5 Å². The number of halogens is 2. The van der Waals surface area contributed by atoms with Crippen LogP contribution in [0.3, 0.4) is 0 Å². The van der Waals surface area contributed by atoms with E-state index in [4.69, 9.17) is 23.2 Å². The molecule has 0 spiro atoms. The Balaban J connectivity index is 1.67. The van der Waals surface area contributed by atoms with Crippen LogP contribution < -0.4 is 4.90 Å². The van der Waals surface area contributed by atoms with Crippen LogP contribution in [0, 0.1) is 11.8 Å². The summed E-state index contributed by atoms with van der Waals surface area (Å²) in [7, 11) is 0. The lowest BCUT2D eigenvalue weighted by Crippen LogP contribution is -2.57. The normalized spacial score (nSPS) is 27.2. The minimum atomic E-state index is -1.22. The molecule has 4 aliphatic rings. The lowest BCUT2D eigenvalue weighted by Gasteiger charge is -2.52. The standard InChI is InChI=1S/C26H17Cl2NO3/c1-13(30)26-17-8-4-2-6-15(17)21(16-7-3-5-9-18(16)26)22-23(26)25(32)29(24(22)31)20-11-10-14(27)12-19(20)28/h2-12,21-23H,1H3/t21?,22-,23+,26?/m1/s1. The fourth-order valence-corrected chi connectivity index (χ4v) is 6.76. The number of carbonyl (C=O) groups is 3. The number of amides is 2. The summed E-state index contributed by atoms with van der Waals surface area (Å²) in [4.78, 5) is 42.5. The van der Waals surface area contributed by atoms with Crippen molar-refractivity contribution in [1.82, 2.24) is 0 Å². The maximum absolute atomic E-state index is 14.0. The molecule has 1 heterocycles. The van der Waals surface area contributed by atoms with Crippen molar-refractivity contribution < 1.29 is 14.4 Å². The molecule has 0 N–H and O–H groups in total. The summed E-state index contributed by atoms with van der Waals surface area (Å²) in [5.74, 6) is -2.67. The zero-order valence-corrected chi connectivity index (χ0v) is 18.5. The third-order valence-electron chi connectivity index (χ3n) is 7.32. The fraction of sp³-hybridized carbons (Fsp3) is 0.192. The van der Waals surface area contributed by atoms with Gasteiger partial charge in [0.05, 0.1) is 28.0 Å².